The van der Waals surface area contributed by atoms with E-state index in [0.29, 0.717) is 25.2 Å². The Hall–Kier alpha value is -2.35. The van der Waals surface area contributed by atoms with Gasteiger partial charge in [-0.15, -0.1) is 11.3 Å². The maximum atomic E-state index is 12.1. The summed E-state index contributed by atoms with van der Waals surface area (Å²) in [6, 6.07) is 0. The standard InChI is InChI=1S/C15H18N6OS/c1-9-13(10(2)21-15(20-9)18-8-19-21)4-5-14(22)17-7-12-6-16-11(3)23-12/h6,8H,4-5,7H2,1-3H3,(H,17,22). The summed E-state index contributed by atoms with van der Waals surface area (Å²) in [7, 11) is 0. The van der Waals surface area contributed by atoms with Gasteiger partial charge in [-0.3, -0.25) is 4.79 Å². The zero-order valence-electron chi connectivity index (χ0n) is 13.3. The van der Waals surface area contributed by atoms with Gasteiger partial charge in [-0.2, -0.15) is 10.1 Å². The number of hydrogen-bond acceptors (Lipinski definition) is 6. The third kappa shape index (κ3) is 3.37. The van der Waals surface area contributed by atoms with Crippen molar-refractivity contribution >= 4 is 23.0 Å². The van der Waals surface area contributed by atoms with Gasteiger partial charge in [0.2, 0.25) is 5.91 Å². The molecule has 0 aliphatic rings. The van der Waals surface area contributed by atoms with Crippen molar-refractivity contribution < 1.29 is 4.79 Å². The van der Waals surface area contributed by atoms with Crippen LogP contribution in [0.4, 0.5) is 0 Å². The van der Waals surface area contributed by atoms with Crippen molar-refractivity contribution in [1.82, 2.24) is 29.9 Å². The SMILES string of the molecule is Cc1ncc(CNC(=O)CCc2c(C)nc3ncnn3c2C)s1. The molecule has 3 rings (SSSR count). The highest BCUT2D eigenvalue weighted by Gasteiger charge is 2.12. The van der Waals surface area contributed by atoms with Gasteiger partial charge in [0.1, 0.15) is 6.33 Å². The highest BCUT2D eigenvalue weighted by molar-refractivity contribution is 7.11. The van der Waals surface area contributed by atoms with Gasteiger partial charge in [0.15, 0.2) is 0 Å². The minimum Gasteiger partial charge on any atom is -0.351 e. The van der Waals surface area contributed by atoms with Gasteiger partial charge in [-0.1, -0.05) is 0 Å². The summed E-state index contributed by atoms with van der Waals surface area (Å²) < 4.78 is 1.71. The molecule has 0 atom stereocenters. The van der Waals surface area contributed by atoms with Crippen molar-refractivity contribution in [3.05, 3.63) is 39.4 Å². The Labute approximate surface area is 137 Å². The van der Waals surface area contributed by atoms with Gasteiger partial charge in [0.05, 0.1) is 11.6 Å². The molecular formula is C15H18N6OS. The third-order valence-corrected chi connectivity index (χ3v) is 4.63. The lowest BCUT2D eigenvalue weighted by molar-refractivity contribution is -0.121. The van der Waals surface area contributed by atoms with E-state index in [1.54, 1.807) is 22.0 Å². The molecule has 23 heavy (non-hydrogen) atoms. The van der Waals surface area contributed by atoms with Crippen LogP contribution in [0.1, 0.15) is 33.3 Å². The van der Waals surface area contributed by atoms with E-state index in [2.05, 4.69) is 25.4 Å². The van der Waals surface area contributed by atoms with E-state index >= 15 is 0 Å². The Morgan fingerprint density at radius 1 is 1.30 bits per heavy atom. The molecule has 1 N–H and O–H groups in total. The van der Waals surface area contributed by atoms with Crippen LogP contribution in [0.3, 0.4) is 0 Å². The quantitative estimate of drug-likeness (QED) is 0.770. The average Bonchev–Trinajstić information content (AvgIpc) is 3.13. The lowest BCUT2D eigenvalue weighted by atomic mass is 10.1. The van der Waals surface area contributed by atoms with E-state index in [1.807, 2.05) is 20.8 Å². The molecule has 0 radical (unpaired) electrons. The molecule has 3 aromatic rings. The van der Waals surface area contributed by atoms with Gasteiger partial charge < -0.3 is 5.32 Å². The summed E-state index contributed by atoms with van der Waals surface area (Å²) in [4.78, 5) is 25.8. The van der Waals surface area contributed by atoms with Crippen LogP contribution >= 0.6 is 11.3 Å². The second kappa shape index (κ2) is 6.41. The Kier molecular flexibility index (Phi) is 4.33. The van der Waals surface area contributed by atoms with Crippen LogP contribution in [0, 0.1) is 20.8 Å². The molecule has 0 saturated carbocycles. The normalized spacial score (nSPS) is 11.1. The molecule has 120 valence electrons. The lowest BCUT2D eigenvalue weighted by Crippen LogP contribution is -2.23. The van der Waals surface area contributed by atoms with Crippen LogP contribution in [0.2, 0.25) is 0 Å². The van der Waals surface area contributed by atoms with Crippen LogP contribution < -0.4 is 5.32 Å². The first-order valence-electron chi connectivity index (χ1n) is 7.38. The number of aryl methyl sites for hydroxylation is 3. The van der Waals surface area contributed by atoms with Gasteiger partial charge in [-0.05, 0) is 32.8 Å². The van der Waals surface area contributed by atoms with Crippen molar-refractivity contribution in [1.29, 1.82) is 0 Å². The summed E-state index contributed by atoms with van der Waals surface area (Å²) in [5.41, 5.74) is 2.93. The maximum Gasteiger partial charge on any atom is 0.252 e. The lowest BCUT2D eigenvalue weighted by Gasteiger charge is -2.10. The van der Waals surface area contributed by atoms with E-state index < -0.39 is 0 Å². The van der Waals surface area contributed by atoms with Gasteiger partial charge >= 0.3 is 0 Å². The molecule has 0 spiro atoms. The first kappa shape index (κ1) is 15.5. The zero-order valence-corrected chi connectivity index (χ0v) is 14.1. The number of carbonyl (C=O) groups is 1. The number of amides is 1. The Morgan fingerprint density at radius 2 is 2.13 bits per heavy atom. The molecular weight excluding hydrogens is 312 g/mol. The van der Waals surface area contributed by atoms with E-state index in [-0.39, 0.29) is 5.91 Å². The monoisotopic (exact) mass is 330 g/mol. The Morgan fingerprint density at radius 3 is 2.87 bits per heavy atom. The fourth-order valence-electron chi connectivity index (χ4n) is 2.52. The third-order valence-electron chi connectivity index (χ3n) is 3.72. The topological polar surface area (TPSA) is 85.1 Å². The number of nitrogens with zero attached hydrogens (tertiary/aromatic N) is 5. The molecule has 0 fully saturated rings. The van der Waals surface area contributed by atoms with Gasteiger partial charge in [-0.25, -0.2) is 14.5 Å². The van der Waals surface area contributed by atoms with Gasteiger partial charge in [0.25, 0.3) is 5.78 Å². The zero-order chi connectivity index (χ0) is 16.4. The van der Waals surface area contributed by atoms with E-state index in [1.165, 1.54) is 6.33 Å². The summed E-state index contributed by atoms with van der Waals surface area (Å²) in [6.45, 7) is 6.40. The molecule has 0 aliphatic heterocycles. The fraction of sp³-hybridized carbons (Fsp3) is 0.400. The fourth-order valence-corrected chi connectivity index (χ4v) is 3.25. The molecule has 0 aliphatic carbocycles. The first-order chi connectivity index (χ1) is 11.0. The van der Waals surface area contributed by atoms with Crippen LogP contribution in [0.25, 0.3) is 5.78 Å². The average molecular weight is 330 g/mol. The Bertz CT molecular complexity index is 853. The molecule has 3 heterocycles. The number of carbonyl (C=O) groups excluding carboxylic acids is 1. The highest BCUT2D eigenvalue weighted by atomic mass is 32.1. The number of aromatic nitrogens is 5. The van der Waals surface area contributed by atoms with Crippen LogP contribution in [-0.2, 0) is 17.8 Å². The molecule has 8 heteroatoms. The maximum absolute atomic E-state index is 12.1. The molecule has 7 nitrogen and oxygen atoms in total. The van der Waals surface area contributed by atoms with E-state index in [0.717, 1.165) is 26.8 Å². The van der Waals surface area contributed by atoms with E-state index in [9.17, 15) is 4.79 Å². The molecule has 0 saturated heterocycles. The van der Waals surface area contributed by atoms with Crippen LogP contribution in [0.5, 0.6) is 0 Å². The smallest absolute Gasteiger partial charge is 0.252 e. The van der Waals surface area contributed by atoms with Gasteiger partial charge in [0, 0.05) is 28.9 Å². The second-order valence-electron chi connectivity index (χ2n) is 5.36. The van der Waals surface area contributed by atoms with Crippen LogP contribution in [0.15, 0.2) is 12.5 Å². The molecule has 0 bridgehead atoms. The van der Waals surface area contributed by atoms with Crippen molar-refractivity contribution in [3.8, 4) is 0 Å². The summed E-state index contributed by atoms with van der Waals surface area (Å²) in [5.74, 6) is 0.613. The predicted octanol–water partition coefficient (Wildman–Crippen LogP) is 1.76. The van der Waals surface area contributed by atoms with Crippen molar-refractivity contribution in [3.63, 3.8) is 0 Å². The number of thiazole rings is 1. The predicted molar refractivity (Wildman–Crippen MR) is 87.3 cm³/mol. The summed E-state index contributed by atoms with van der Waals surface area (Å²) in [5, 5.41) is 8.10. The summed E-state index contributed by atoms with van der Waals surface area (Å²) in [6.07, 6.45) is 4.34. The number of nitrogens with one attached hydrogen (secondary N) is 1. The van der Waals surface area contributed by atoms with Crippen molar-refractivity contribution in [2.45, 2.75) is 40.2 Å². The largest absolute Gasteiger partial charge is 0.351 e. The van der Waals surface area contributed by atoms with Crippen LogP contribution in [-0.4, -0.2) is 30.5 Å². The Balaban J connectivity index is 1.62. The minimum atomic E-state index is 0.0218. The van der Waals surface area contributed by atoms with Crippen molar-refractivity contribution in [2.24, 2.45) is 0 Å². The first-order valence-corrected chi connectivity index (χ1v) is 8.20. The van der Waals surface area contributed by atoms with E-state index in [4.69, 9.17) is 0 Å². The molecule has 3 aromatic heterocycles. The summed E-state index contributed by atoms with van der Waals surface area (Å²) >= 11 is 1.60. The molecule has 0 unspecified atom stereocenters. The van der Waals surface area contributed by atoms with Crippen molar-refractivity contribution in [2.75, 3.05) is 0 Å². The number of fused-ring (bicyclic) bond motifs is 1. The number of rotatable bonds is 5. The minimum absolute atomic E-state index is 0.0218. The highest BCUT2D eigenvalue weighted by Crippen LogP contribution is 2.15. The number of hydrogen-bond donors (Lipinski definition) is 1. The molecule has 1 amide bonds. The second-order valence-corrected chi connectivity index (χ2v) is 6.67. The molecule has 0 aromatic carbocycles.